The Morgan fingerprint density at radius 3 is 2.33 bits per heavy atom. The second-order valence-electron chi connectivity index (χ2n) is 4.65. The molecule has 0 saturated heterocycles. The zero-order chi connectivity index (χ0) is 18.0. The number of benzene rings is 1. The van der Waals surface area contributed by atoms with Gasteiger partial charge in [-0.25, -0.2) is 4.99 Å². The van der Waals surface area contributed by atoms with Crippen LogP contribution >= 0.6 is 35.0 Å². The Kier molecular flexibility index (Phi) is 5.53. The predicted molar refractivity (Wildman–Crippen MR) is 98.5 cm³/mol. The molecule has 126 valence electrons. The van der Waals surface area contributed by atoms with Crippen LogP contribution in [0, 0.1) is 10.8 Å². The van der Waals surface area contributed by atoms with Crippen LogP contribution in [0.5, 0.6) is 0 Å². The molecule has 10 heteroatoms. The molecule has 2 heterocycles. The summed E-state index contributed by atoms with van der Waals surface area (Å²) in [4.78, 5) is 13.8. The molecule has 7 nitrogen and oxygen atoms in total. The van der Waals surface area contributed by atoms with Crippen LogP contribution in [-0.4, -0.2) is 35.0 Å². The Morgan fingerprint density at radius 2 is 1.83 bits per heavy atom. The van der Waals surface area contributed by atoms with Gasteiger partial charge in [0, 0.05) is 25.1 Å². The number of thioether (sulfide) groups is 1. The molecule has 0 aliphatic carbocycles. The van der Waals surface area contributed by atoms with Crippen LogP contribution in [0.4, 0.5) is 0 Å². The fraction of sp³-hybridized carbons (Fsp3) is 0.143. The number of nitrogens with one attached hydrogen (secondary N) is 4. The van der Waals surface area contributed by atoms with Gasteiger partial charge < -0.3 is 15.7 Å². The van der Waals surface area contributed by atoms with Gasteiger partial charge in [0.25, 0.3) is 5.97 Å². The Hall–Kier alpha value is -2.03. The van der Waals surface area contributed by atoms with E-state index >= 15 is 0 Å². The highest BCUT2D eigenvalue weighted by Crippen LogP contribution is 2.38. The van der Waals surface area contributed by atoms with Crippen molar-refractivity contribution in [1.82, 2.24) is 10.6 Å². The van der Waals surface area contributed by atoms with Crippen molar-refractivity contribution in [1.29, 1.82) is 10.8 Å². The number of aliphatic carboxylic acids is 1. The number of hydrogen-bond acceptors (Lipinski definition) is 5. The van der Waals surface area contributed by atoms with Crippen LogP contribution < -0.4 is 10.6 Å². The molecule has 2 aliphatic heterocycles. The first-order valence-electron chi connectivity index (χ1n) is 6.57. The monoisotopic (exact) mass is 385 g/mol. The molecule has 1 aromatic carbocycles. The van der Waals surface area contributed by atoms with Crippen LogP contribution in [-0.2, 0) is 4.79 Å². The summed E-state index contributed by atoms with van der Waals surface area (Å²) in [6, 6.07) is 3.37. The van der Waals surface area contributed by atoms with Crippen LogP contribution in [0.25, 0.3) is 5.70 Å². The third-order valence-electron chi connectivity index (χ3n) is 2.92. The molecule has 3 rings (SSSR count). The summed E-state index contributed by atoms with van der Waals surface area (Å²) in [5.74, 6) is -0.430. The number of aliphatic imine (C=N–C) groups is 1. The van der Waals surface area contributed by atoms with E-state index < -0.39 is 5.97 Å². The van der Waals surface area contributed by atoms with Crippen LogP contribution in [0.2, 0.25) is 10.0 Å². The summed E-state index contributed by atoms with van der Waals surface area (Å²) in [6.07, 6.45) is 0. The average molecular weight is 386 g/mol. The quantitative estimate of drug-likeness (QED) is 0.469. The lowest BCUT2D eigenvalue weighted by atomic mass is 10.1. The molecule has 0 radical (unpaired) electrons. The summed E-state index contributed by atoms with van der Waals surface area (Å²) in [7, 11) is 1.75. The summed E-state index contributed by atoms with van der Waals surface area (Å²) in [5.41, 5.74) is 2.12. The van der Waals surface area contributed by atoms with Gasteiger partial charge in [-0.1, -0.05) is 23.2 Å². The van der Waals surface area contributed by atoms with E-state index in [0.717, 1.165) is 12.5 Å². The van der Waals surface area contributed by atoms with Crippen molar-refractivity contribution in [3.05, 3.63) is 38.2 Å². The zero-order valence-corrected chi connectivity index (χ0v) is 14.9. The smallest absolute Gasteiger partial charge is 0.300 e. The highest BCUT2D eigenvalue weighted by atomic mass is 35.5. The summed E-state index contributed by atoms with van der Waals surface area (Å²) in [6.45, 7) is 1.08. The molecule has 5 N–H and O–H groups in total. The Labute approximate surface area is 152 Å². The number of rotatable bonds is 0. The average Bonchev–Trinajstić information content (AvgIpc) is 3.00. The Morgan fingerprint density at radius 1 is 1.29 bits per heavy atom. The van der Waals surface area contributed by atoms with Crippen molar-refractivity contribution in [3.8, 4) is 0 Å². The van der Waals surface area contributed by atoms with E-state index in [4.69, 9.17) is 43.9 Å². The fourth-order valence-corrected chi connectivity index (χ4v) is 3.16. The van der Waals surface area contributed by atoms with Gasteiger partial charge in [-0.05, 0) is 23.9 Å². The lowest BCUT2D eigenvalue weighted by Crippen LogP contribution is -2.14. The molecule has 0 aromatic heterocycles. The second kappa shape index (κ2) is 7.25. The number of halogens is 2. The third-order valence-corrected chi connectivity index (χ3v) is 4.73. The first kappa shape index (κ1) is 18.3. The van der Waals surface area contributed by atoms with E-state index in [2.05, 4.69) is 15.6 Å². The largest absolute Gasteiger partial charge is 0.481 e. The van der Waals surface area contributed by atoms with E-state index in [-0.39, 0.29) is 11.7 Å². The van der Waals surface area contributed by atoms with Crippen molar-refractivity contribution in [2.45, 2.75) is 6.92 Å². The van der Waals surface area contributed by atoms with Crippen molar-refractivity contribution >= 4 is 63.5 Å². The summed E-state index contributed by atoms with van der Waals surface area (Å²) in [5, 5.41) is 30.7. The molecule has 0 atom stereocenters. The molecule has 0 spiro atoms. The molecule has 0 amide bonds. The number of carboxylic acids is 1. The van der Waals surface area contributed by atoms with Crippen molar-refractivity contribution in [2.75, 3.05) is 7.05 Å². The molecular formula is C14H13Cl2N5O2S. The first-order chi connectivity index (χ1) is 11.2. The Balaban J connectivity index is 0.000000471. The van der Waals surface area contributed by atoms with E-state index in [1.165, 1.54) is 11.8 Å². The standard InChI is InChI=1S/C12H9Cl2N5S.C2H4O2/c1-17-12-19-11(16)9(20-12)8-4-2-6(13)7(14)3-5(4)10(15)18-8;1-2(3)4/h2-3H,1H3,(H2,15,18)(H2,16,17,19);1H3,(H,3,4). The highest BCUT2D eigenvalue weighted by molar-refractivity contribution is 8.18. The van der Waals surface area contributed by atoms with E-state index in [0.29, 0.717) is 31.4 Å². The SMILES string of the molecule is CC(=O)O.CNC1=NC(=N)C(=C2NC(=N)c3cc(Cl)c(Cl)cc32)S1. The zero-order valence-electron chi connectivity index (χ0n) is 12.6. The first-order valence-corrected chi connectivity index (χ1v) is 8.14. The van der Waals surface area contributed by atoms with Crippen molar-refractivity contribution < 1.29 is 9.90 Å². The van der Waals surface area contributed by atoms with Crippen LogP contribution in [0.15, 0.2) is 22.0 Å². The molecule has 1 aromatic rings. The van der Waals surface area contributed by atoms with E-state index in [9.17, 15) is 0 Å². The second-order valence-corrected chi connectivity index (χ2v) is 6.47. The summed E-state index contributed by atoms with van der Waals surface area (Å²) < 4.78 is 0. The van der Waals surface area contributed by atoms with Crippen molar-refractivity contribution in [3.63, 3.8) is 0 Å². The third kappa shape index (κ3) is 3.72. The highest BCUT2D eigenvalue weighted by Gasteiger charge is 2.30. The van der Waals surface area contributed by atoms with Gasteiger partial charge in [-0.2, -0.15) is 0 Å². The van der Waals surface area contributed by atoms with E-state index in [1.54, 1.807) is 19.2 Å². The molecule has 0 bridgehead atoms. The number of carbonyl (C=O) groups is 1. The maximum absolute atomic E-state index is 9.00. The lowest BCUT2D eigenvalue weighted by molar-refractivity contribution is -0.134. The predicted octanol–water partition coefficient (Wildman–Crippen LogP) is 2.98. The molecule has 24 heavy (non-hydrogen) atoms. The number of nitrogens with zero attached hydrogens (tertiary/aromatic N) is 1. The minimum atomic E-state index is -0.833. The maximum Gasteiger partial charge on any atom is 0.300 e. The number of fused-ring (bicyclic) bond motifs is 1. The minimum Gasteiger partial charge on any atom is -0.481 e. The fourth-order valence-electron chi connectivity index (χ4n) is 2.00. The van der Waals surface area contributed by atoms with Gasteiger partial charge in [0.05, 0.1) is 20.6 Å². The normalized spacial score (nSPS) is 18.4. The lowest BCUT2D eigenvalue weighted by Gasteiger charge is -2.05. The summed E-state index contributed by atoms with van der Waals surface area (Å²) >= 11 is 13.4. The van der Waals surface area contributed by atoms with Gasteiger partial charge >= 0.3 is 0 Å². The Bertz CT molecular complexity index is 816. The van der Waals surface area contributed by atoms with Gasteiger partial charge in [0.2, 0.25) is 0 Å². The number of amidine groups is 3. The number of carboxylic acid groups (broad SMARTS) is 1. The molecule has 0 saturated carbocycles. The molecule has 2 aliphatic rings. The van der Waals surface area contributed by atoms with Gasteiger partial charge in [-0.3, -0.25) is 15.6 Å². The van der Waals surface area contributed by atoms with Gasteiger partial charge in [0.15, 0.2) is 11.0 Å². The van der Waals surface area contributed by atoms with Crippen molar-refractivity contribution in [2.24, 2.45) is 4.99 Å². The van der Waals surface area contributed by atoms with E-state index in [1.807, 2.05) is 0 Å². The van der Waals surface area contributed by atoms with Crippen LogP contribution in [0.1, 0.15) is 18.1 Å². The van der Waals surface area contributed by atoms with Crippen LogP contribution in [0.3, 0.4) is 0 Å². The molecular weight excluding hydrogens is 373 g/mol. The van der Waals surface area contributed by atoms with Gasteiger partial charge in [-0.15, -0.1) is 0 Å². The number of hydrogen-bond donors (Lipinski definition) is 5. The molecule has 0 fully saturated rings. The maximum atomic E-state index is 9.00. The minimum absolute atomic E-state index is 0.161. The molecule has 0 unspecified atom stereocenters. The van der Waals surface area contributed by atoms with Gasteiger partial charge in [0.1, 0.15) is 5.84 Å². The topological polar surface area (TPSA) is 121 Å².